The van der Waals surface area contributed by atoms with Crippen LogP contribution < -0.4 is 5.32 Å². The van der Waals surface area contributed by atoms with Crippen LogP contribution in [0.2, 0.25) is 0 Å². The van der Waals surface area contributed by atoms with E-state index >= 15 is 0 Å². The predicted octanol–water partition coefficient (Wildman–Crippen LogP) is 4.95. The number of nitrogens with one attached hydrogen (secondary N) is 1. The summed E-state index contributed by atoms with van der Waals surface area (Å²) in [5.74, 6) is -0.935. The molecule has 1 aromatic heterocycles. The maximum atomic E-state index is 12.3. The van der Waals surface area contributed by atoms with Crippen molar-refractivity contribution in [1.82, 2.24) is 10.1 Å². The zero-order valence-corrected chi connectivity index (χ0v) is 14.8. The van der Waals surface area contributed by atoms with Crippen LogP contribution in [0.1, 0.15) is 62.7 Å². The third-order valence-electron chi connectivity index (χ3n) is 3.88. The number of rotatable bonds is 8. The number of unbranched alkanes of at least 4 members (excludes halogenated alkanes) is 2. The Morgan fingerprint density at radius 3 is 2.42 bits per heavy atom. The number of benzene rings is 1. The topological polar surface area (TPSA) is 68.0 Å². The van der Waals surface area contributed by atoms with Crippen LogP contribution in [0.15, 0.2) is 28.8 Å². The summed E-state index contributed by atoms with van der Waals surface area (Å²) in [6.07, 6.45) is -2.05. The predicted molar refractivity (Wildman–Crippen MR) is 90.6 cm³/mol. The minimum atomic E-state index is -4.61. The van der Waals surface area contributed by atoms with Gasteiger partial charge >= 0.3 is 12.1 Å². The molecule has 142 valence electrons. The maximum Gasteiger partial charge on any atom is 0.471 e. The third-order valence-corrected chi connectivity index (χ3v) is 3.88. The van der Waals surface area contributed by atoms with E-state index in [1.165, 1.54) is 5.56 Å². The molecule has 0 aliphatic rings. The average molecular weight is 369 g/mol. The molecule has 0 saturated carbocycles. The first kappa shape index (κ1) is 19.9. The summed E-state index contributed by atoms with van der Waals surface area (Å²) in [7, 11) is 0. The zero-order valence-electron chi connectivity index (χ0n) is 14.8. The monoisotopic (exact) mass is 369 g/mol. The van der Waals surface area contributed by atoms with Gasteiger partial charge < -0.3 is 9.84 Å². The Kier molecular flexibility index (Phi) is 6.76. The van der Waals surface area contributed by atoms with E-state index in [0.29, 0.717) is 31.6 Å². The summed E-state index contributed by atoms with van der Waals surface area (Å²) in [4.78, 5) is 15.2. The van der Waals surface area contributed by atoms with E-state index in [9.17, 15) is 18.0 Å². The SMILES string of the molecule is CC(C)c1ccc(NC(=O)CCCCCc2noc(C(F)(F)F)n2)cc1. The number of carbonyl (C=O) groups excluding carboxylic acids is 1. The number of hydrogen-bond acceptors (Lipinski definition) is 4. The summed E-state index contributed by atoms with van der Waals surface area (Å²) in [6, 6.07) is 7.73. The number of hydrogen-bond donors (Lipinski definition) is 1. The molecule has 5 nitrogen and oxygen atoms in total. The first-order valence-corrected chi connectivity index (χ1v) is 8.55. The van der Waals surface area contributed by atoms with Crippen LogP contribution in [0.5, 0.6) is 0 Å². The van der Waals surface area contributed by atoms with Gasteiger partial charge in [-0.15, -0.1) is 0 Å². The standard InChI is InChI=1S/C18H22F3N3O2/c1-12(2)13-8-10-14(11-9-13)22-16(25)7-5-3-4-6-15-23-17(26-24-15)18(19,20)21/h8-12H,3-7H2,1-2H3,(H,22,25). The van der Waals surface area contributed by atoms with Gasteiger partial charge in [0.2, 0.25) is 5.91 Å². The normalized spacial score (nSPS) is 11.8. The van der Waals surface area contributed by atoms with Crippen LogP contribution in [0, 0.1) is 0 Å². The lowest BCUT2D eigenvalue weighted by molar-refractivity contribution is -0.159. The highest BCUT2D eigenvalue weighted by Crippen LogP contribution is 2.27. The van der Waals surface area contributed by atoms with Crippen molar-refractivity contribution in [3.05, 3.63) is 41.5 Å². The average Bonchev–Trinajstić information content (AvgIpc) is 3.04. The number of amides is 1. The molecule has 0 fully saturated rings. The minimum Gasteiger partial charge on any atom is -0.329 e. The van der Waals surface area contributed by atoms with Gasteiger partial charge in [-0.1, -0.05) is 37.6 Å². The molecule has 26 heavy (non-hydrogen) atoms. The van der Waals surface area contributed by atoms with Crippen molar-refractivity contribution in [3.8, 4) is 0 Å². The Morgan fingerprint density at radius 1 is 1.15 bits per heavy atom. The van der Waals surface area contributed by atoms with E-state index in [0.717, 1.165) is 5.69 Å². The number of carbonyl (C=O) groups is 1. The van der Waals surface area contributed by atoms with Crippen molar-refractivity contribution in [2.75, 3.05) is 5.32 Å². The first-order chi connectivity index (χ1) is 12.3. The molecular formula is C18H22F3N3O2. The van der Waals surface area contributed by atoms with Gasteiger partial charge in [-0.05, 0) is 36.5 Å². The molecule has 0 aliphatic heterocycles. The molecule has 0 saturated heterocycles. The summed E-state index contributed by atoms with van der Waals surface area (Å²) in [5.41, 5.74) is 1.96. The second kappa shape index (κ2) is 8.82. The van der Waals surface area contributed by atoms with E-state index in [2.05, 4.69) is 33.8 Å². The van der Waals surface area contributed by atoms with Crippen LogP contribution in [0.25, 0.3) is 0 Å². The molecule has 8 heteroatoms. The van der Waals surface area contributed by atoms with Crippen LogP contribution >= 0.6 is 0 Å². The molecule has 0 spiro atoms. The van der Waals surface area contributed by atoms with Crippen molar-refractivity contribution >= 4 is 11.6 Å². The van der Waals surface area contributed by atoms with Crippen LogP contribution in [0.3, 0.4) is 0 Å². The quantitative estimate of drug-likeness (QED) is 0.668. The van der Waals surface area contributed by atoms with Crippen molar-refractivity contribution < 1.29 is 22.5 Å². The number of anilines is 1. The summed E-state index contributed by atoms with van der Waals surface area (Å²) >= 11 is 0. The minimum absolute atomic E-state index is 0.0343. The highest BCUT2D eigenvalue weighted by Gasteiger charge is 2.38. The van der Waals surface area contributed by atoms with Gasteiger partial charge in [-0.3, -0.25) is 4.79 Å². The molecule has 1 heterocycles. The molecule has 0 unspecified atom stereocenters. The second-order valence-corrected chi connectivity index (χ2v) is 6.40. The van der Waals surface area contributed by atoms with Gasteiger partial charge in [0.1, 0.15) is 0 Å². The molecule has 1 amide bonds. The van der Waals surface area contributed by atoms with Gasteiger partial charge in [0.15, 0.2) is 5.82 Å². The van der Waals surface area contributed by atoms with Gasteiger partial charge in [0, 0.05) is 18.5 Å². The fourth-order valence-electron chi connectivity index (χ4n) is 2.39. The lowest BCUT2D eigenvalue weighted by atomic mass is 10.0. The molecule has 1 aromatic carbocycles. The summed E-state index contributed by atoms with van der Waals surface area (Å²) in [6.45, 7) is 4.21. The van der Waals surface area contributed by atoms with Crippen molar-refractivity contribution in [2.45, 2.75) is 58.0 Å². The Bertz CT molecular complexity index is 709. The molecule has 2 rings (SSSR count). The molecule has 1 N–H and O–H groups in total. The smallest absolute Gasteiger partial charge is 0.329 e. The first-order valence-electron chi connectivity index (χ1n) is 8.55. The molecule has 0 radical (unpaired) electrons. The number of aryl methyl sites for hydroxylation is 1. The van der Waals surface area contributed by atoms with Crippen LogP contribution in [-0.4, -0.2) is 16.0 Å². The Hall–Kier alpha value is -2.38. The van der Waals surface area contributed by atoms with E-state index in [-0.39, 0.29) is 18.2 Å². The maximum absolute atomic E-state index is 12.3. The molecular weight excluding hydrogens is 347 g/mol. The van der Waals surface area contributed by atoms with Gasteiger partial charge in [-0.25, -0.2) is 0 Å². The van der Waals surface area contributed by atoms with E-state index in [4.69, 9.17) is 0 Å². The van der Waals surface area contributed by atoms with Crippen LogP contribution in [-0.2, 0) is 17.4 Å². The Labute approximate surface area is 150 Å². The molecule has 0 aliphatic carbocycles. The highest BCUT2D eigenvalue weighted by atomic mass is 19.4. The number of alkyl halides is 3. The van der Waals surface area contributed by atoms with Gasteiger partial charge in [0.05, 0.1) is 0 Å². The summed E-state index contributed by atoms with van der Waals surface area (Å²) in [5, 5.41) is 6.14. The van der Waals surface area contributed by atoms with Gasteiger partial charge in [-0.2, -0.15) is 18.2 Å². The number of aromatic nitrogens is 2. The van der Waals surface area contributed by atoms with E-state index < -0.39 is 12.1 Å². The molecule has 0 atom stereocenters. The molecule has 0 bridgehead atoms. The summed E-state index contributed by atoms with van der Waals surface area (Å²) < 4.78 is 41.2. The molecule has 2 aromatic rings. The van der Waals surface area contributed by atoms with E-state index in [1.54, 1.807) is 0 Å². The van der Waals surface area contributed by atoms with E-state index in [1.807, 2.05) is 24.3 Å². The Morgan fingerprint density at radius 2 is 1.85 bits per heavy atom. The highest BCUT2D eigenvalue weighted by molar-refractivity contribution is 5.90. The fourth-order valence-corrected chi connectivity index (χ4v) is 2.39. The second-order valence-electron chi connectivity index (χ2n) is 6.40. The van der Waals surface area contributed by atoms with Crippen molar-refractivity contribution in [3.63, 3.8) is 0 Å². The van der Waals surface area contributed by atoms with Crippen molar-refractivity contribution in [1.29, 1.82) is 0 Å². The van der Waals surface area contributed by atoms with Crippen molar-refractivity contribution in [2.24, 2.45) is 0 Å². The fraction of sp³-hybridized carbons (Fsp3) is 0.500. The Balaban J connectivity index is 1.65. The van der Waals surface area contributed by atoms with Gasteiger partial charge in [0.25, 0.3) is 0 Å². The van der Waals surface area contributed by atoms with Crippen LogP contribution in [0.4, 0.5) is 18.9 Å². The number of halogens is 3. The lowest BCUT2D eigenvalue weighted by Crippen LogP contribution is -2.11. The largest absolute Gasteiger partial charge is 0.471 e. The zero-order chi connectivity index (χ0) is 19.2. The number of nitrogens with zero attached hydrogens (tertiary/aromatic N) is 2. The third kappa shape index (κ3) is 6.16. The lowest BCUT2D eigenvalue weighted by Gasteiger charge is -2.08.